The van der Waals surface area contributed by atoms with Crippen LogP contribution in [0.3, 0.4) is 0 Å². The first-order valence-electron chi connectivity index (χ1n) is 6.04. The van der Waals surface area contributed by atoms with Gasteiger partial charge in [0.15, 0.2) is 0 Å². The minimum atomic E-state index is 0. The quantitative estimate of drug-likeness (QED) is 0.900. The van der Waals surface area contributed by atoms with Crippen LogP contribution in [-0.2, 0) is 0 Å². The van der Waals surface area contributed by atoms with Gasteiger partial charge in [-0.1, -0.05) is 23.2 Å². The summed E-state index contributed by atoms with van der Waals surface area (Å²) in [6.45, 7) is 2.97. The minimum Gasteiger partial charge on any atom is -0.492 e. The van der Waals surface area contributed by atoms with E-state index in [9.17, 15) is 0 Å². The van der Waals surface area contributed by atoms with E-state index in [1.807, 2.05) is 0 Å². The molecule has 1 aromatic carbocycles. The number of benzene rings is 1. The number of ether oxygens (including phenoxy) is 1. The normalized spacial score (nSPS) is 16.1. The van der Waals surface area contributed by atoms with Crippen molar-refractivity contribution in [2.45, 2.75) is 19.3 Å². The van der Waals surface area contributed by atoms with Crippen LogP contribution in [0.4, 0.5) is 0 Å². The average molecular weight is 311 g/mol. The monoisotopic (exact) mass is 309 g/mol. The summed E-state index contributed by atoms with van der Waals surface area (Å²) in [7, 11) is 0. The highest BCUT2D eigenvalue weighted by molar-refractivity contribution is 6.34. The maximum absolute atomic E-state index is 6.02. The summed E-state index contributed by atoms with van der Waals surface area (Å²) >= 11 is 11.9. The molecule has 0 aromatic heterocycles. The Morgan fingerprint density at radius 1 is 1.22 bits per heavy atom. The van der Waals surface area contributed by atoms with E-state index < -0.39 is 0 Å². The average Bonchev–Trinajstić information content (AvgIpc) is 2.35. The van der Waals surface area contributed by atoms with Crippen molar-refractivity contribution in [2.75, 3.05) is 19.7 Å². The summed E-state index contributed by atoms with van der Waals surface area (Å²) < 4.78 is 5.68. The lowest BCUT2D eigenvalue weighted by atomic mass is 9.95. The van der Waals surface area contributed by atoms with Crippen molar-refractivity contribution in [3.8, 4) is 5.75 Å². The summed E-state index contributed by atoms with van der Waals surface area (Å²) in [6, 6.07) is 5.31. The molecule has 1 fully saturated rings. The highest BCUT2D eigenvalue weighted by Crippen LogP contribution is 2.28. The smallest absolute Gasteiger partial charge is 0.139 e. The molecule has 0 bridgehead atoms. The summed E-state index contributed by atoms with van der Waals surface area (Å²) in [6.07, 6.45) is 3.57. The van der Waals surface area contributed by atoms with Gasteiger partial charge in [-0.25, -0.2) is 0 Å². The molecule has 0 atom stereocenters. The largest absolute Gasteiger partial charge is 0.492 e. The standard InChI is InChI=1S/C13H17Cl2NO.ClH/c14-11-1-2-12(15)13(9-11)17-8-5-10-3-6-16-7-4-10;/h1-2,9-10,16H,3-8H2;1H. The number of piperidine rings is 1. The molecule has 5 heteroatoms. The van der Waals surface area contributed by atoms with Gasteiger partial charge in [-0.2, -0.15) is 0 Å². The van der Waals surface area contributed by atoms with E-state index >= 15 is 0 Å². The highest BCUT2D eigenvalue weighted by atomic mass is 35.5. The first-order valence-corrected chi connectivity index (χ1v) is 6.80. The Hall–Kier alpha value is -0.150. The summed E-state index contributed by atoms with van der Waals surface area (Å²) in [5.41, 5.74) is 0. The van der Waals surface area contributed by atoms with E-state index in [0.717, 1.165) is 25.4 Å². The van der Waals surface area contributed by atoms with Crippen molar-refractivity contribution in [1.82, 2.24) is 5.32 Å². The van der Waals surface area contributed by atoms with Gasteiger partial charge in [-0.3, -0.25) is 0 Å². The van der Waals surface area contributed by atoms with Crippen LogP contribution < -0.4 is 10.1 Å². The van der Waals surface area contributed by atoms with E-state index in [1.165, 1.54) is 12.8 Å². The Balaban J connectivity index is 0.00000162. The van der Waals surface area contributed by atoms with Crippen LogP contribution in [0, 0.1) is 5.92 Å². The van der Waals surface area contributed by atoms with Gasteiger partial charge in [-0.15, -0.1) is 12.4 Å². The van der Waals surface area contributed by atoms with Crippen LogP contribution in [0.2, 0.25) is 10.0 Å². The maximum Gasteiger partial charge on any atom is 0.139 e. The van der Waals surface area contributed by atoms with E-state index in [2.05, 4.69) is 5.32 Å². The van der Waals surface area contributed by atoms with E-state index in [4.69, 9.17) is 27.9 Å². The number of hydrogen-bond acceptors (Lipinski definition) is 2. The van der Waals surface area contributed by atoms with Crippen LogP contribution in [0.5, 0.6) is 5.75 Å². The lowest BCUT2D eigenvalue weighted by molar-refractivity contribution is 0.252. The first-order chi connectivity index (χ1) is 8.25. The third kappa shape index (κ3) is 4.85. The Morgan fingerprint density at radius 2 is 1.94 bits per heavy atom. The van der Waals surface area contributed by atoms with Crippen LogP contribution in [-0.4, -0.2) is 19.7 Å². The molecule has 1 N–H and O–H groups in total. The summed E-state index contributed by atoms with van der Waals surface area (Å²) in [4.78, 5) is 0. The molecular formula is C13H18Cl3NO. The molecule has 2 nitrogen and oxygen atoms in total. The molecule has 1 saturated heterocycles. The van der Waals surface area contributed by atoms with Gasteiger partial charge in [0.05, 0.1) is 11.6 Å². The van der Waals surface area contributed by atoms with E-state index in [0.29, 0.717) is 22.4 Å². The fourth-order valence-electron chi connectivity index (χ4n) is 2.09. The summed E-state index contributed by atoms with van der Waals surface area (Å²) in [5.74, 6) is 1.46. The maximum atomic E-state index is 6.02. The molecule has 1 heterocycles. The van der Waals surface area contributed by atoms with Gasteiger partial charge in [0.2, 0.25) is 0 Å². The number of halogens is 3. The number of nitrogens with one attached hydrogen (secondary N) is 1. The second kappa shape index (κ2) is 8.11. The second-order valence-electron chi connectivity index (χ2n) is 4.41. The molecule has 18 heavy (non-hydrogen) atoms. The topological polar surface area (TPSA) is 21.3 Å². The molecular weight excluding hydrogens is 293 g/mol. The van der Waals surface area contributed by atoms with E-state index in [1.54, 1.807) is 18.2 Å². The van der Waals surface area contributed by atoms with Crippen molar-refractivity contribution in [3.05, 3.63) is 28.2 Å². The van der Waals surface area contributed by atoms with Gasteiger partial charge >= 0.3 is 0 Å². The Kier molecular flexibility index (Phi) is 7.16. The third-order valence-electron chi connectivity index (χ3n) is 3.14. The van der Waals surface area contributed by atoms with Gasteiger partial charge in [-0.05, 0) is 50.4 Å². The number of hydrogen-bond donors (Lipinski definition) is 1. The zero-order valence-corrected chi connectivity index (χ0v) is 12.5. The Morgan fingerprint density at radius 3 is 2.67 bits per heavy atom. The predicted octanol–water partition coefficient (Wildman–Crippen LogP) is 4.18. The molecule has 0 saturated carbocycles. The Bertz CT molecular complexity index is 367. The first kappa shape index (κ1) is 15.9. The molecule has 1 aliphatic heterocycles. The third-order valence-corrected chi connectivity index (χ3v) is 3.68. The molecule has 1 aliphatic rings. The van der Waals surface area contributed by atoms with Gasteiger partial charge < -0.3 is 10.1 Å². The zero-order chi connectivity index (χ0) is 12.1. The minimum absolute atomic E-state index is 0. The fourth-order valence-corrected chi connectivity index (χ4v) is 2.43. The fraction of sp³-hybridized carbons (Fsp3) is 0.538. The zero-order valence-electron chi connectivity index (χ0n) is 10.1. The molecule has 0 radical (unpaired) electrons. The predicted molar refractivity (Wildman–Crippen MR) is 79.4 cm³/mol. The van der Waals surface area contributed by atoms with Crippen LogP contribution >= 0.6 is 35.6 Å². The van der Waals surface area contributed by atoms with Gasteiger partial charge in [0.25, 0.3) is 0 Å². The molecule has 0 aliphatic carbocycles. The number of rotatable bonds is 4. The van der Waals surface area contributed by atoms with Crippen molar-refractivity contribution >= 4 is 35.6 Å². The summed E-state index contributed by atoms with van der Waals surface area (Å²) in [5, 5.41) is 4.64. The highest BCUT2D eigenvalue weighted by Gasteiger charge is 2.13. The molecule has 2 rings (SSSR count). The second-order valence-corrected chi connectivity index (χ2v) is 5.25. The molecule has 1 aromatic rings. The molecule has 0 unspecified atom stereocenters. The van der Waals surface area contributed by atoms with Gasteiger partial charge in [0.1, 0.15) is 5.75 Å². The van der Waals surface area contributed by atoms with Gasteiger partial charge in [0, 0.05) is 11.1 Å². The Labute approximate surface area is 124 Å². The lowest BCUT2D eigenvalue weighted by Crippen LogP contribution is -2.28. The SMILES string of the molecule is Cl.Clc1ccc(Cl)c(OCCC2CCNCC2)c1. The van der Waals surface area contributed by atoms with Crippen LogP contribution in [0.25, 0.3) is 0 Å². The van der Waals surface area contributed by atoms with E-state index in [-0.39, 0.29) is 12.4 Å². The van der Waals surface area contributed by atoms with Crippen molar-refractivity contribution < 1.29 is 4.74 Å². The van der Waals surface area contributed by atoms with Crippen LogP contribution in [0.1, 0.15) is 19.3 Å². The molecule has 102 valence electrons. The van der Waals surface area contributed by atoms with Crippen molar-refractivity contribution in [2.24, 2.45) is 5.92 Å². The molecule has 0 amide bonds. The van der Waals surface area contributed by atoms with Crippen molar-refractivity contribution in [3.63, 3.8) is 0 Å². The van der Waals surface area contributed by atoms with Crippen LogP contribution in [0.15, 0.2) is 18.2 Å². The van der Waals surface area contributed by atoms with Crippen molar-refractivity contribution in [1.29, 1.82) is 0 Å². The molecule has 0 spiro atoms. The lowest BCUT2D eigenvalue weighted by Gasteiger charge is -2.22.